The molecule has 1 N–H and O–H groups in total. The Kier molecular flexibility index (Phi) is 7.63. The number of phenols is 1. The van der Waals surface area contributed by atoms with Crippen LogP contribution in [0.1, 0.15) is 38.3 Å². The molecule has 3 heterocycles. The number of aryl methyl sites for hydroxylation is 1. The van der Waals surface area contributed by atoms with E-state index in [4.69, 9.17) is 14.6 Å². The predicted molar refractivity (Wildman–Crippen MR) is 122 cm³/mol. The number of ether oxygens (including phenoxy) is 2. The molecule has 1 fully saturated rings. The monoisotopic (exact) mass is 478 g/mol. The van der Waals surface area contributed by atoms with Gasteiger partial charge in [0.2, 0.25) is 0 Å². The molecule has 0 spiro atoms. The summed E-state index contributed by atoms with van der Waals surface area (Å²) in [6, 6.07) is 5.28. The summed E-state index contributed by atoms with van der Waals surface area (Å²) in [6.07, 6.45) is 9.02. The van der Waals surface area contributed by atoms with Crippen molar-refractivity contribution in [2.75, 3.05) is 32.7 Å². The molecule has 4 rings (SSSR count). The van der Waals surface area contributed by atoms with E-state index in [9.17, 15) is 13.5 Å². The smallest absolute Gasteiger partial charge is 0.264 e. The summed E-state index contributed by atoms with van der Waals surface area (Å²) >= 11 is 0. The third-order valence-electron chi connectivity index (χ3n) is 5.43. The van der Waals surface area contributed by atoms with Gasteiger partial charge in [-0.25, -0.2) is 4.68 Å². The van der Waals surface area contributed by atoms with Gasteiger partial charge in [-0.05, 0) is 50.3 Å². The van der Waals surface area contributed by atoms with Crippen LogP contribution in [0.5, 0.6) is 5.75 Å². The van der Waals surface area contributed by atoms with E-state index >= 15 is 0 Å². The molecule has 1 atom stereocenters. The number of benzene rings is 1. The number of rotatable bonds is 11. The van der Waals surface area contributed by atoms with Crippen LogP contribution in [0.15, 0.2) is 30.6 Å². The zero-order valence-electron chi connectivity index (χ0n) is 18.7. The maximum atomic E-state index is 10.9. The lowest BCUT2D eigenvalue weighted by Gasteiger charge is -2.23. The van der Waals surface area contributed by atoms with E-state index in [1.54, 1.807) is 18.3 Å². The highest BCUT2D eigenvalue weighted by atomic mass is 32.2. The van der Waals surface area contributed by atoms with Crippen molar-refractivity contribution in [3.05, 3.63) is 30.6 Å². The number of hydrogen-bond donors (Lipinski definition) is 1. The average Bonchev–Trinajstić information content (AvgIpc) is 3.40. The van der Waals surface area contributed by atoms with E-state index < -0.39 is 10.1 Å². The SMILES string of the molecule is CS(=O)(=O)OCCCOCCCn1cc(-c2nn(C3CCCCO3)c3ccc(O)cc23)cn1. The van der Waals surface area contributed by atoms with E-state index in [1.165, 1.54) is 0 Å². The number of hydrogen-bond acceptors (Lipinski definition) is 8. The first-order valence-electron chi connectivity index (χ1n) is 11.2. The standard InChI is InChI=1S/C22H30N4O6S/c1-33(28,29)32-13-5-11-30-10-4-9-25-16-17(15-23-25)22-19-14-18(27)7-8-20(19)26(24-22)21-6-2-3-12-31-21/h7-8,14-16,21,27H,2-6,9-13H2,1H3. The number of aromatic hydroxyl groups is 1. The molecule has 0 radical (unpaired) electrons. The van der Waals surface area contributed by atoms with Crippen molar-refractivity contribution in [3.8, 4) is 17.0 Å². The third kappa shape index (κ3) is 6.32. The fourth-order valence-electron chi connectivity index (χ4n) is 3.89. The van der Waals surface area contributed by atoms with E-state index in [1.807, 2.05) is 21.6 Å². The predicted octanol–water partition coefficient (Wildman–Crippen LogP) is 3.08. The molecule has 0 saturated carbocycles. The molecule has 1 aliphatic rings. The molecule has 1 aliphatic heterocycles. The van der Waals surface area contributed by atoms with Crippen LogP contribution >= 0.6 is 0 Å². The summed E-state index contributed by atoms with van der Waals surface area (Å²) in [7, 11) is -3.39. The summed E-state index contributed by atoms with van der Waals surface area (Å²) < 4.78 is 41.7. The summed E-state index contributed by atoms with van der Waals surface area (Å²) in [5.41, 5.74) is 2.57. The Morgan fingerprint density at radius 1 is 1.21 bits per heavy atom. The zero-order chi connectivity index (χ0) is 23.3. The van der Waals surface area contributed by atoms with Gasteiger partial charge in [0.05, 0.1) is 24.6 Å². The normalized spacial score (nSPS) is 17.1. The van der Waals surface area contributed by atoms with Crippen molar-refractivity contribution in [2.24, 2.45) is 0 Å². The van der Waals surface area contributed by atoms with Crippen LogP contribution in [0.3, 0.4) is 0 Å². The van der Waals surface area contributed by atoms with Gasteiger partial charge in [0.1, 0.15) is 11.4 Å². The summed E-state index contributed by atoms with van der Waals surface area (Å²) in [5, 5.41) is 20.2. The Labute approximate surface area is 193 Å². The van der Waals surface area contributed by atoms with Crippen LogP contribution in [-0.2, 0) is 30.3 Å². The molecule has 1 unspecified atom stereocenters. The maximum Gasteiger partial charge on any atom is 0.264 e. The number of phenolic OH excluding ortho intramolecular Hbond substituents is 1. The Morgan fingerprint density at radius 2 is 2.06 bits per heavy atom. The Bertz CT molecular complexity index is 1170. The lowest BCUT2D eigenvalue weighted by Crippen LogP contribution is -2.19. The minimum Gasteiger partial charge on any atom is -0.508 e. The number of fused-ring (bicyclic) bond motifs is 1. The fourth-order valence-corrected chi connectivity index (χ4v) is 4.31. The molecule has 2 aromatic heterocycles. The van der Waals surface area contributed by atoms with Crippen molar-refractivity contribution in [1.29, 1.82) is 0 Å². The van der Waals surface area contributed by atoms with Crippen LogP contribution in [0.2, 0.25) is 0 Å². The molecule has 0 aliphatic carbocycles. The van der Waals surface area contributed by atoms with Gasteiger partial charge in [0, 0.05) is 43.5 Å². The second kappa shape index (κ2) is 10.6. The first kappa shape index (κ1) is 23.7. The van der Waals surface area contributed by atoms with Gasteiger partial charge in [-0.1, -0.05) is 0 Å². The fraction of sp³-hybridized carbons (Fsp3) is 0.545. The second-order valence-electron chi connectivity index (χ2n) is 8.15. The van der Waals surface area contributed by atoms with Gasteiger partial charge < -0.3 is 14.6 Å². The van der Waals surface area contributed by atoms with Crippen molar-refractivity contribution >= 4 is 21.0 Å². The minimum absolute atomic E-state index is 0.102. The van der Waals surface area contributed by atoms with Crippen LogP contribution in [-0.4, -0.2) is 65.8 Å². The third-order valence-corrected chi connectivity index (χ3v) is 6.03. The molecule has 1 saturated heterocycles. The number of aromatic nitrogens is 4. The molecule has 0 bridgehead atoms. The summed E-state index contributed by atoms with van der Waals surface area (Å²) in [4.78, 5) is 0. The van der Waals surface area contributed by atoms with Crippen molar-refractivity contribution in [1.82, 2.24) is 19.6 Å². The van der Waals surface area contributed by atoms with Crippen LogP contribution in [0, 0.1) is 0 Å². The quantitative estimate of drug-likeness (QED) is 0.330. The van der Waals surface area contributed by atoms with Crippen LogP contribution in [0.25, 0.3) is 22.2 Å². The topological polar surface area (TPSA) is 118 Å². The zero-order valence-corrected chi connectivity index (χ0v) is 19.5. The van der Waals surface area contributed by atoms with Crippen molar-refractivity contribution in [2.45, 2.75) is 44.9 Å². The minimum atomic E-state index is -3.39. The van der Waals surface area contributed by atoms with E-state index in [0.717, 1.165) is 60.7 Å². The van der Waals surface area contributed by atoms with E-state index in [-0.39, 0.29) is 18.6 Å². The molecule has 33 heavy (non-hydrogen) atoms. The first-order chi connectivity index (χ1) is 15.9. The molecule has 10 nitrogen and oxygen atoms in total. The molecule has 11 heteroatoms. The van der Waals surface area contributed by atoms with Gasteiger partial charge >= 0.3 is 0 Å². The van der Waals surface area contributed by atoms with E-state index in [0.29, 0.717) is 26.2 Å². The largest absolute Gasteiger partial charge is 0.508 e. The molecular formula is C22H30N4O6S. The first-order valence-corrected chi connectivity index (χ1v) is 13.0. The van der Waals surface area contributed by atoms with Crippen LogP contribution in [0.4, 0.5) is 0 Å². The van der Waals surface area contributed by atoms with Gasteiger partial charge in [-0.15, -0.1) is 0 Å². The van der Waals surface area contributed by atoms with Gasteiger partial charge in [-0.3, -0.25) is 8.86 Å². The van der Waals surface area contributed by atoms with Gasteiger partial charge in [0.25, 0.3) is 10.1 Å². The molecule has 180 valence electrons. The van der Waals surface area contributed by atoms with Crippen molar-refractivity contribution in [3.63, 3.8) is 0 Å². The molecule has 1 aromatic carbocycles. The molecular weight excluding hydrogens is 448 g/mol. The second-order valence-corrected chi connectivity index (χ2v) is 9.80. The molecule has 3 aromatic rings. The summed E-state index contributed by atoms with van der Waals surface area (Å²) in [5.74, 6) is 0.194. The van der Waals surface area contributed by atoms with E-state index in [2.05, 4.69) is 9.28 Å². The van der Waals surface area contributed by atoms with Gasteiger partial charge in [0.15, 0.2) is 6.23 Å². The lowest BCUT2D eigenvalue weighted by atomic mass is 10.1. The summed E-state index contributed by atoms with van der Waals surface area (Å²) in [6.45, 7) is 2.51. The highest BCUT2D eigenvalue weighted by Crippen LogP contribution is 2.34. The van der Waals surface area contributed by atoms with Crippen molar-refractivity contribution < 1.29 is 27.2 Å². The van der Waals surface area contributed by atoms with Crippen LogP contribution < -0.4 is 0 Å². The Hall–Kier alpha value is -2.47. The lowest BCUT2D eigenvalue weighted by molar-refractivity contribution is -0.0365. The number of nitrogens with zero attached hydrogens (tertiary/aromatic N) is 4. The Balaban J connectivity index is 1.36. The maximum absolute atomic E-state index is 10.9. The Morgan fingerprint density at radius 3 is 2.85 bits per heavy atom. The van der Waals surface area contributed by atoms with Gasteiger partial charge in [-0.2, -0.15) is 18.6 Å². The molecule has 0 amide bonds. The highest BCUT2D eigenvalue weighted by Gasteiger charge is 2.22. The highest BCUT2D eigenvalue weighted by molar-refractivity contribution is 7.85. The average molecular weight is 479 g/mol.